The summed E-state index contributed by atoms with van der Waals surface area (Å²) in [6.07, 6.45) is 15.9. The number of benzene rings is 2. The molecule has 0 heterocycles. The Bertz CT molecular complexity index is 2340. The first-order valence-corrected chi connectivity index (χ1v) is 27.6. The van der Waals surface area contributed by atoms with Gasteiger partial charge in [-0.3, -0.25) is 34.1 Å². The lowest BCUT2D eigenvalue weighted by Crippen LogP contribution is -2.54. The molecule has 0 saturated heterocycles. The quantitative estimate of drug-likeness (QED) is 0.0148. The van der Waals surface area contributed by atoms with E-state index in [0.29, 0.717) is 36.2 Å². The molecule has 0 radical (unpaired) electrons. The highest BCUT2D eigenvalue weighted by Gasteiger charge is 2.59. The second kappa shape index (κ2) is 26.8. The molecule has 17 heteroatoms. The number of carbonyl (C=O) groups is 6. The first-order valence-electron chi connectivity index (χ1n) is 27.6. The number of carbonyl (C=O) groups excluding carboxylic acids is 6. The van der Waals surface area contributed by atoms with Gasteiger partial charge in [0.2, 0.25) is 29.5 Å². The van der Waals surface area contributed by atoms with E-state index in [1.807, 2.05) is 13.8 Å². The summed E-state index contributed by atoms with van der Waals surface area (Å²) in [7, 11) is 0. The number of nitrogens with one attached hydrogen (secondary N) is 4. The minimum absolute atomic E-state index is 0.0433. The number of allylic oxidation sites excluding steroid dienone is 1. The molecule has 0 aromatic heterocycles. The SMILES string of the molecule is CC(C)CCC[C@@H](C)[C@H]1CC[C@H]2[C@@H]3CC=C4C[C@@H](OCCCNC(=O)CCC(=O)N[C@@H](CC(C)C)C(=O)N[C@@H](CC(N)=O)C(=O)Nc5ccc(COC(=O)Oc6ccc([N+](=O)[O-])cc6)cc5)CC[C@]4(C)[C@H]3CC[C@]12C. The zero-order chi connectivity index (χ0) is 54.5. The average molecular weight is 1040 g/mol. The van der Waals surface area contributed by atoms with Crippen molar-refractivity contribution in [2.24, 2.45) is 58.0 Å². The van der Waals surface area contributed by atoms with Gasteiger partial charge in [-0.1, -0.05) is 91.5 Å². The highest BCUT2D eigenvalue weighted by atomic mass is 16.7. The Balaban J connectivity index is 0.885. The smallest absolute Gasteiger partial charge is 0.429 e. The summed E-state index contributed by atoms with van der Waals surface area (Å²) < 4.78 is 16.6. The van der Waals surface area contributed by atoms with E-state index in [-0.39, 0.29) is 60.7 Å². The van der Waals surface area contributed by atoms with E-state index in [1.54, 1.807) is 17.7 Å². The van der Waals surface area contributed by atoms with Crippen LogP contribution in [0.2, 0.25) is 0 Å². The van der Waals surface area contributed by atoms with Crippen molar-refractivity contribution in [3.8, 4) is 5.75 Å². The van der Waals surface area contributed by atoms with E-state index >= 15 is 0 Å². The molecule has 0 spiro atoms. The second-order valence-corrected chi connectivity index (χ2v) is 23.3. The summed E-state index contributed by atoms with van der Waals surface area (Å²) in [5, 5.41) is 21.6. The molecule has 10 atom stereocenters. The standard InChI is InChI=1S/C58H84N6O11/c1-36(2)10-8-11-38(5)46-22-23-47-45-21-14-40-33-44(26-28-57(40,6)48(45)27-29-58(46,47)7)73-31-9-30-60-52(66)24-25-53(67)62-49(32-37(3)4)55(69)63-50(34-51(59)65)54(68)61-41-15-12-39(13-16-41)35-74-56(70)75-43-19-17-42(18-20-43)64(71)72/h12-20,36-38,44-50H,8-11,21-35H2,1-7H3,(H2,59,65)(H,60,66)(H,61,68)(H,62,67)(H,63,69)/t38-,44+,45+,46-,47+,48+,49+,50+,57+,58-/m1/s1. The van der Waals surface area contributed by atoms with Crippen molar-refractivity contribution in [3.05, 3.63) is 75.9 Å². The number of primary amides is 1. The highest BCUT2D eigenvalue weighted by Crippen LogP contribution is 2.67. The topological polar surface area (TPSA) is 247 Å². The van der Waals surface area contributed by atoms with Gasteiger partial charge >= 0.3 is 6.16 Å². The molecule has 4 aliphatic rings. The molecular formula is C58H84N6O11. The van der Waals surface area contributed by atoms with Crippen molar-refractivity contribution < 1.29 is 47.9 Å². The van der Waals surface area contributed by atoms with Crippen LogP contribution in [0.4, 0.5) is 16.2 Å². The van der Waals surface area contributed by atoms with Crippen molar-refractivity contribution in [2.75, 3.05) is 18.5 Å². The van der Waals surface area contributed by atoms with E-state index in [2.05, 4.69) is 62.0 Å². The molecule has 412 valence electrons. The van der Waals surface area contributed by atoms with Crippen LogP contribution in [0.1, 0.15) is 157 Å². The number of hydrogen-bond donors (Lipinski definition) is 5. The van der Waals surface area contributed by atoms with Crippen LogP contribution in [0.3, 0.4) is 0 Å². The molecule has 0 aliphatic heterocycles. The first kappa shape index (κ1) is 58.4. The van der Waals surface area contributed by atoms with Crippen molar-refractivity contribution in [2.45, 2.75) is 176 Å². The van der Waals surface area contributed by atoms with Gasteiger partial charge in [0.25, 0.3) is 5.69 Å². The molecule has 2 aromatic rings. The van der Waals surface area contributed by atoms with Gasteiger partial charge in [-0.2, -0.15) is 0 Å². The largest absolute Gasteiger partial charge is 0.514 e. The number of amides is 5. The van der Waals surface area contributed by atoms with E-state index < -0.39 is 53.2 Å². The Labute approximate surface area is 443 Å². The number of nitrogens with zero attached hydrogens (tertiary/aromatic N) is 1. The summed E-state index contributed by atoms with van der Waals surface area (Å²) >= 11 is 0. The molecule has 6 N–H and O–H groups in total. The number of nitro benzene ring substituents is 1. The molecule has 5 amide bonds. The number of fused-ring (bicyclic) bond motifs is 5. The Morgan fingerprint density at radius 2 is 1.52 bits per heavy atom. The first-order chi connectivity index (χ1) is 35.6. The van der Waals surface area contributed by atoms with Crippen LogP contribution in [-0.2, 0) is 40.1 Å². The molecule has 75 heavy (non-hydrogen) atoms. The molecule has 3 saturated carbocycles. The highest BCUT2D eigenvalue weighted by molar-refractivity contribution is 6.00. The Hall–Kier alpha value is -5.84. The molecule has 4 aliphatic carbocycles. The predicted molar refractivity (Wildman–Crippen MR) is 286 cm³/mol. The lowest BCUT2D eigenvalue weighted by Gasteiger charge is -2.58. The second-order valence-electron chi connectivity index (χ2n) is 23.3. The summed E-state index contributed by atoms with van der Waals surface area (Å²) in [4.78, 5) is 87.3. The summed E-state index contributed by atoms with van der Waals surface area (Å²) in [6, 6.07) is 8.62. The average Bonchev–Trinajstić information content (AvgIpc) is 3.72. The fourth-order valence-corrected chi connectivity index (χ4v) is 13.1. The van der Waals surface area contributed by atoms with Gasteiger partial charge in [0.15, 0.2) is 0 Å². The van der Waals surface area contributed by atoms with Gasteiger partial charge in [-0.05, 0) is 146 Å². The van der Waals surface area contributed by atoms with Crippen LogP contribution in [0.15, 0.2) is 60.2 Å². The molecular weight excluding hydrogens is 957 g/mol. The Morgan fingerprint density at radius 1 is 0.800 bits per heavy atom. The van der Waals surface area contributed by atoms with E-state index in [0.717, 1.165) is 48.3 Å². The number of non-ortho nitro benzene ring substituents is 1. The summed E-state index contributed by atoms with van der Waals surface area (Å²) in [5.74, 6) is 1.79. The zero-order valence-electron chi connectivity index (χ0n) is 45.4. The Kier molecular flexibility index (Phi) is 20.9. The van der Waals surface area contributed by atoms with Crippen molar-refractivity contribution in [1.82, 2.24) is 16.0 Å². The maximum absolute atomic E-state index is 13.6. The van der Waals surface area contributed by atoms with Gasteiger partial charge < -0.3 is 41.2 Å². The van der Waals surface area contributed by atoms with Gasteiger partial charge in [-0.15, -0.1) is 0 Å². The number of anilines is 1. The van der Waals surface area contributed by atoms with Gasteiger partial charge in [0.05, 0.1) is 17.4 Å². The van der Waals surface area contributed by atoms with Crippen molar-refractivity contribution >= 4 is 47.1 Å². The van der Waals surface area contributed by atoms with Gasteiger partial charge in [-0.25, -0.2) is 4.79 Å². The number of nitrogens with two attached hydrogens (primary N) is 1. The maximum Gasteiger partial charge on any atom is 0.514 e. The number of hydrogen-bond acceptors (Lipinski definition) is 11. The van der Waals surface area contributed by atoms with Crippen LogP contribution in [0.5, 0.6) is 5.75 Å². The minimum atomic E-state index is -1.38. The fourth-order valence-electron chi connectivity index (χ4n) is 13.1. The van der Waals surface area contributed by atoms with E-state index in [1.165, 1.54) is 94.2 Å². The molecule has 3 fully saturated rings. The molecule has 0 bridgehead atoms. The third kappa shape index (κ3) is 16.1. The van der Waals surface area contributed by atoms with Crippen molar-refractivity contribution in [3.63, 3.8) is 0 Å². The molecule has 17 nitrogen and oxygen atoms in total. The Morgan fingerprint density at radius 3 is 2.20 bits per heavy atom. The number of rotatable bonds is 26. The summed E-state index contributed by atoms with van der Waals surface area (Å²) in [5.41, 5.74) is 8.46. The van der Waals surface area contributed by atoms with Crippen LogP contribution in [-0.4, -0.2) is 72.0 Å². The lowest BCUT2D eigenvalue weighted by atomic mass is 9.47. The lowest BCUT2D eigenvalue weighted by molar-refractivity contribution is -0.384. The maximum atomic E-state index is 13.6. The normalized spacial score (nSPS) is 25.0. The third-order valence-electron chi connectivity index (χ3n) is 17.1. The monoisotopic (exact) mass is 1040 g/mol. The number of ether oxygens (including phenoxy) is 3. The van der Waals surface area contributed by atoms with Crippen molar-refractivity contribution in [1.29, 1.82) is 0 Å². The van der Waals surface area contributed by atoms with E-state index in [9.17, 15) is 38.9 Å². The zero-order valence-corrected chi connectivity index (χ0v) is 45.4. The molecule has 0 unspecified atom stereocenters. The van der Waals surface area contributed by atoms with Crippen LogP contribution < -0.4 is 31.7 Å². The van der Waals surface area contributed by atoms with Crippen LogP contribution >= 0.6 is 0 Å². The van der Waals surface area contributed by atoms with Gasteiger partial charge in [0, 0.05) is 43.8 Å². The third-order valence-corrected chi connectivity index (χ3v) is 17.1. The number of nitro groups is 1. The van der Waals surface area contributed by atoms with Crippen LogP contribution in [0, 0.1) is 62.4 Å². The van der Waals surface area contributed by atoms with Gasteiger partial charge in [0.1, 0.15) is 24.4 Å². The van der Waals surface area contributed by atoms with Crippen LogP contribution in [0.25, 0.3) is 0 Å². The molecule has 2 aromatic carbocycles. The minimum Gasteiger partial charge on any atom is -0.429 e. The fraction of sp³-hybridized carbons (Fsp3) is 0.655. The predicted octanol–water partition coefficient (Wildman–Crippen LogP) is 9.85. The molecule has 6 rings (SSSR count). The van der Waals surface area contributed by atoms with E-state index in [4.69, 9.17) is 19.9 Å². The summed E-state index contributed by atoms with van der Waals surface area (Å²) in [6.45, 7) is 16.9.